The molecule has 0 fully saturated rings. The third kappa shape index (κ3) is 1.49. The molecule has 2 aromatic heterocycles. The van der Waals surface area contributed by atoms with Crippen LogP contribution in [0.25, 0.3) is 5.95 Å². The first-order valence-electron chi connectivity index (χ1n) is 3.97. The summed E-state index contributed by atoms with van der Waals surface area (Å²) in [6.07, 6.45) is 4.76. The van der Waals surface area contributed by atoms with Gasteiger partial charge in [0.1, 0.15) is 0 Å². The molecule has 2 N–H and O–H groups in total. The number of ether oxygens (including phenoxy) is 1. The maximum atomic E-state index is 5.52. The fraction of sp³-hybridized carbons (Fsp3) is 0.125. The van der Waals surface area contributed by atoms with Crippen molar-refractivity contribution in [2.24, 2.45) is 0 Å². The minimum absolute atomic E-state index is 0.432. The monoisotopic (exact) mass is 191 g/mol. The molecule has 0 spiro atoms. The molecular formula is C8H9N5O. The average molecular weight is 191 g/mol. The third-order valence-electron chi connectivity index (χ3n) is 1.63. The second-order valence-electron chi connectivity index (χ2n) is 2.62. The molecule has 0 saturated carbocycles. The van der Waals surface area contributed by atoms with Gasteiger partial charge in [-0.3, -0.25) is 0 Å². The van der Waals surface area contributed by atoms with Gasteiger partial charge >= 0.3 is 0 Å². The van der Waals surface area contributed by atoms with E-state index < -0.39 is 0 Å². The highest BCUT2D eigenvalue weighted by atomic mass is 16.5. The van der Waals surface area contributed by atoms with Crippen LogP contribution in [0.1, 0.15) is 0 Å². The average Bonchev–Trinajstić information content (AvgIpc) is 2.65. The minimum Gasteiger partial charge on any atom is -0.481 e. The Morgan fingerprint density at radius 3 is 3.00 bits per heavy atom. The number of rotatable bonds is 2. The topological polar surface area (TPSA) is 78.9 Å². The Labute approximate surface area is 80.4 Å². The van der Waals surface area contributed by atoms with Crippen LogP contribution in [0.5, 0.6) is 5.88 Å². The van der Waals surface area contributed by atoms with Crippen LogP contribution in [0.15, 0.2) is 24.7 Å². The zero-order valence-corrected chi connectivity index (χ0v) is 7.58. The van der Waals surface area contributed by atoms with Crippen molar-refractivity contribution in [2.75, 3.05) is 12.8 Å². The van der Waals surface area contributed by atoms with E-state index in [0.717, 1.165) is 0 Å². The van der Waals surface area contributed by atoms with E-state index in [4.69, 9.17) is 10.5 Å². The molecule has 0 unspecified atom stereocenters. The Balaban J connectivity index is 2.41. The summed E-state index contributed by atoms with van der Waals surface area (Å²) in [6.45, 7) is 0. The second kappa shape index (κ2) is 3.33. The lowest BCUT2D eigenvalue weighted by molar-refractivity contribution is 0.395. The number of nitrogens with zero attached hydrogens (tertiary/aromatic N) is 4. The minimum atomic E-state index is 0.432. The van der Waals surface area contributed by atoms with E-state index >= 15 is 0 Å². The van der Waals surface area contributed by atoms with Crippen LogP contribution in [0.3, 0.4) is 0 Å². The van der Waals surface area contributed by atoms with E-state index in [1.165, 1.54) is 10.9 Å². The molecule has 0 saturated heterocycles. The fourth-order valence-corrected chi connectivity index (χ4v) is 1.00. The van der Waals surface area contributed by atoms with Gasteiger partial charge in [0.25, 0.3) is 5.95 Å². The van der Waals surface area contributed by atoms with E-state index in [2.05, 4.69) is 15.1 Å². The number of aromatic nitrogens is 4. The van der Waals surface area contributed by atoms with Crippen molar-refractivity contribution in [3.05, 3.63) is 24.7 Å². The molecule has 2 rings (SSSR count). The SMILES string of the molecule is COc1ccnc(-n2cc(N)cn2)n1. The smallest absolute Gasteiger partial charge is 0.253 e. The molecule has 0 bridgehead atoms. The summed E-state index contributed by atoms with van der Waals surface area (Å²) in [6, 6.07) is 1.66. The van der Waals surface area contributed by atoms with Crippen LogP contribution in [0.4, 0.5) is 5.69 Å². The van der Waals surface area contributed by atoms with Crippen LogP contribution in [0, 0.1) is 0 Å². The summed E-state index contributed by atoms with van der Waals surface area (Å²) in [5.41, 5.74) is 6.08. The lowest BCUT2D eigenvalue weighted by Crippen LogP contribution is -2.02. The number of anilines is 1. The summed E-state index contributed by atoms with van der Waals surface area (Å²) < 4.78 is 6.44. The Kier molecular flexibility index (Phi) is 2.02. The molecule has 72 valence electrons. The highest BCUT2D eigenvalue weighted by Crippen LogP contribution is 2.08. The van der Waals surface area contributed by atoms with Gasteiger partial charge in [0.2, 0.25) is 5.88 Å². The van der Waals surface area contributed by atoms with Gasteiger partial charge in [-0.25, -0.2) is 9.67 Å². The normalized spacial score (nSPS) is 10.1. The van der Waals surface area contributed by atoms with Crippen LogP contribution in [0.2, 0.25) is 0 Å². The van der Waals surface area contributed by atoms with Crippen molar-refractivity contribution in [3.63, 3.8) is 0 Å². The van der Waals surface area contributed by atoms with Crippen molar-refractivity contribution in [1.82, 2.24) is 19.7 Å². The molecule has 0 aliphatic rings. The third-order valence-corrected chi connectivity index (χ3v) is 1.63. The molecule has 0 aliphatic heterocycles. The van der Waals surface area contributed by atoms with Gasteiger partial charge in [0.15, 0.2) is 0 Å². The van der Waals surface area contributed by atoms with Gasteiger partial charge in [-0.1, -0.05) is 0 Å². The molecule has 6 nitrogen and oxygen atoms in total. The number of nitrogens with two attached hydrogens (primary N) is 1. The molecule has 14 heavy (non-hydrogen) atoms. The first-order chi connectivity index (χ1) is 6.79. The quantitative estimate of drug-likeness (QED) is 0.736. The molecule has 6 heteroatoms. The number of hydrogen-bond donors (Lipinski definition) is 1. The fourth-order valence-electron chi connectivity index (χ4n) is 1.00. The summed E-state index contributed by atoms with van der Waals surface area (Å²) in [5.74, 6) is 0.921. The zero-order chi connectivity index (χ0) is 9.97. The molecule has 0 atom stereocenters. The Morgan fingerprint density at radius 1 is 1.50 bits per heavy atom. The maximum absolute atomic E-state index is 5.52. The van der Waals surface area contributed by atoms with Crippen molar-refractivity contribution in [1.29, 1.82) is 0 Å². The van der Waals surface area contributed by atoms with E-state index in [1.807, 2.05) is 0 Å². The second-order valence-corrected chi connectivity index (χ2v) is 2.62. The molecule has 2 heterocycles. The lowest BCUT2D eigenvalue weighted by atomic mass is 10.6. The van der Waals surface area contributed by atoms with Crippen LogP contribution in [-0.4, -0.2) is 26.9 Å². The standard InChI is InChI=1S/C8H9N5O/c1-14-7-2-3-10-8(12-7)13-5-6(9)4-11-13/h2-5H,9H2,1H3. The molecule has 2 aromatic rings. The van der Waals surface area contributed by atoms with Crippen LogP contribution >= 0.6 is 0 Å². The maximum Gasteiger partial charge on any atom is 0.253 e. The summed E-state index contributed by atoms with van der Waals surface area (Å²) in [5, 5.41) is 3.97. The van der Waals surface area contributed by atoms with Gasteiger partial charge < -0.3 is 10.5 Å². The van der Waals surface area contributed by atoms with Crippen LogP contribution < -0.4 is 10.5 Å². The van der Waals surface area contributed by atoms with Gasteiger partial charge in [0, 0.05) is 12.3 Å². The van der Waals surface area contributed by atoms with E-state index in [1.54, 1.807) is 25.6 Å². The van der Waals surface area contributed by atoms with E-state index in [9.17, 15) is 0 Å². The van der Waals surface area contributed by atoms with E-state index in [-0.39, 0.29) is 0 Å². The summed E-state index contributed by atoms with van der Waals surface area (Å²) in [7, 11) is 1.55. The zero-order valence-electron chi connectivity index (χ0n) is 7.58. The number of hydrogen-bond acceptors (Lipinski definition) is 5. The Morgan fingerprint density at radius 2 is 2.36 bits per heavy atom. The van der Waals surface area contributed by atoms with Crippen molar-refractivity contribution in [2.45, 2.75) is 0 Å². The van der Waals surface area contributed by atoms with Crippen LogP contribution in [-0.2, 0) is 0 Å². The summed E-state index contributed by atoms with van der Waals surface area (Å²) >= 11 is 0. The van der Waals surface area contributed by atoms with Crippen molar-refractivity contribution < 1.29 is 4.74 Å². The molecule has 0 radical (unpaired) electrons. The van der Waals surface area contributed by atoms with Crippen molar-refractivity contribution in [3.8, 4) is 11.8 Å². The molecule has 0 aliphatic carbocycles. The largest absolute Gasteiger partial charge is 0.481 e. The molecular weight excluding hydrogens is 182 g/mol. The van der Waals surface area contributed by atoms with Gasteiger partial charge in [-0.2, -0.15) is 10.1 Å². The first kappa shape index (κ1) is 8.49. The highest BCUT2D eigenvalue weighted by Gasteiger charge is 2.02. The van der Waals surface area contributed by atoms with Gasteiger partial charge in [0.05, 0.1) is 25.2 Å². The number of nitrogen functional groups attached to an aromatic ring is 1. The van der Waals surface area contributed by atoms with Crippen molar-refractivity contribution >= 4 is 5.69 Å². The van der Waals surface area contributed by atoms with E-state index in [0.29, 0.717) is 17.5 Å². The van der Waals surface area contributed by atoms with Gasteiger partial charge in [-0.15, -0.1) is 0 Å². The lowest BCUT2D eigenvalue weighted by Gasteiger charge is -2.00. The van der Waals surface area contributed by atoms with Gasteiger partial charge in [-0.05, 0) is 0 Å². The Bertz CT molecular complexity index is 439. The Hall–Kier alpha value is -2.11. The first-order valence-corrected chi connectivity index (χ1v) is 3.97. The molecule has 0 amide bonds. The summed E-state index contributed by atoms with van der Waals surface area (Å²) in [4.78, 5) is 8.11. The molecule has 0 aromatic carbocycles. The predicted molar refractivity (Wildman–Crippen MR) is 50.1 cm³/mol. The number of methoxy groups -OCH3 is 1. The predicted octanol–water partition coefficient (Wildman–Crippen LogP) is 0.253. The highest BCUT2D eigenvalue weighted by molar-refractivity contribution is 5.33.